The van der Waals surface area contributed by atoms with E-state index in [4.69, 9.17) is 9.84 Å². The van der Waals surface area contributed by atoms with Gasteiger partial charge >= 0.3 is 5.97 Å². The molecule has 1 fully saturated rings. The third-order valence-corrected chi connectivity index (χ3v) is 3.53. The molecule has 23 heavy (non-hydrogen) atoms. The maximum absolute atomic E-state index is 12.3. The zero-order valence-electron chi connectivity index (χ0n) is 12.7. The molecule has 1 unspecified atom stereocenters. The van der Waals surface area contributed by atoms with Gasteiger partial charge in [0.25, 0.3) is 5.91 Å². The standard InChI is InChI=1S/C16H20N2O5/c19-14(7-8-15(20)21)18-13-6-2-1-5-12(13)16(22)17-10-11-4-3-9-23-11/h1-2,5-6,11H,3-4,7-10H2,(H,17,22)(H,18,19)(H,20,21). The lowest BCUT2D eigenvalue weighted by molar-refractivity contribution is -0.138. The van der Waals surface area contributed by atoms with Crippen molar-refractivity contribution in [2.24, 2.45) is 0 Å². The predicted octanol–water partition coefficient (Wildman–Crippen LogP) is 1.40. The number of para-hydroxylation sites is 1. The number of nitrogens with one attached hydrogen (secondary N) is 2. The van der Waals surface area contributed by atoms with Gasteiger partial charge < -0.3 is 20.5 Å². The monoisotopic (exact) mass is 320 g/mol. The molecule has 0 aromatic heterocycles. The van der Waals surface area contributed by atoms with Gasteiger partial charge in [-0.25, -0.2) is 0 Å². The Morgan fingerprint density at radius 2 is 2.00 bits per heavy atom. The van der Waals surface area contributed by atoms with Gasteiger partial charge in [-0.15, -0.1) is 0 Å². The second kappa shape index (κ2) is 8.28. The zero-order chi connectivity index (χ0) is 16.7. The Hall–Kier alpha value is -2.41. The molecule has 2 amide bonds. The Morgan fingerprint density at radius 1 is 1.22 bits per heavy atom. The van der Waals surface area contributed by atoms with Gasteiger partial charge in [-0.2, -0.15) is 0 Å². The topological polar surface area (TPSA) is 105 Å². The van der Waals surface area contributed by atoms with Crippen LogP contribution in [0.2, 0.25) is 0 Å². The molecule has 1 aliphatic heterocycles. The molecule has 0 aliphatic carbocycles. The van der Waals surface area contributed by atoms with Crippen LogP contribution < -0.4 is 10.6 Å². The molecule has 2 rings (SSSR count). The summed E-state index contributed by atoms with van der Waals surface area (Å²) in [5, 5.41) is 14.0. The summed E-state index contributed by atoms with van der Waals surface area (Å²) in [6, 6.07) is 6.62. The molecule has 1 heterocycles. The molecular weight excluding hydrogens is 300 g/mol. The Labute approximate surface area is 134 Å². The molecule has 0 spiro atoms. The Morgan fingerprint density at radius 3 is 2.70 bits per heavy atom. The fourth-order valence-electron chi connectivity index (χ4n) is 2.33. The van der Waals surface area contributed by atoms with Crippen molar-refractivity contribution in [2.75, 3.05) is 18.5 Å². The molecule has 1 saturated heterocycles. The van der Waals surface area contributed by atoms with Crippen molar-refractivity contribution in [3.05, 3.63) is 29.8 Å². The van der Waals surface area contributed by atoms with Crippen LogP contribution in [0.25, 0.3) is 0 Å². The first kappa shape index (κ1) is 17.0. The molecule has 1 aromatic rings. The number of carboxylic acid groups (broad SMARTS) is 1. The number of anilines is 1. The number of carbonyl (C=O) groups is 3. The molecule has 0 bridgehead atoms. The lowest BCUT2D eigenvalue weighted by Crippen LogP contribution is -2.32. The summed E-state index contributed by atoms with van der Waals surface area (Å²) >= 11 is 0. The predicted molar refractivity (Wildman–Crippen MR) is 83.2 cm³/mol. The van der Waals surface area contributed by atoms with Gasteiger partial charge in [0.15, 0.2) is 0 Å². The van der Waals surface area contributed by atoms with E-state index < -0.39 is 11.9 Å². The van der Waals surface area contributed by atoms with Crippen LogP contribution in [-0.2, 0) is 14.3 Å². The molecule has 7 nitrogen and oxygen atoms in total. The summed E-state index contributed by atoms with van der Waals surface area (Å²) in [6.07, 6.45) is 1.57. The van der Waals surface area contributed by atoms with Crippen LogP contribution in [0, 0.1) is 0 Å². The van der Waals surface area contributed by atoms with Gasteiger partial charge in [-0.3, -0.25) is 14.4 Å². The lowest BCUT2D eigenvalue weighted by Gasteiger charge is -2.13. The van der Waals surface area contributed by atoms with Crippen LogP contribution in [-0.4, -0.2) is 42.1 Å². The van der Waals surface area contributed by atoms with E-state index in [1.54, 1.807) is 24.3 Å². The van der Waals surface area contributed by atoms with E-state index in [0.29, 0.717) is 17.8 Å². The van der Waals surface area contributed by atoms with Crippen molar-refractivity contribution in [2.45, 2.75) is 31.8 Å². The molecule has 0 saturated carbocycles. The summed E-state index contributed by atoms with van der Waals surface area (Å²) in [7, 11) is 0. The number of aliphatic carboxylic acids is 1. The Balaban J connectivity index is 1.94. The van der Waals surface area contributed by atoms with Gasteiger partial charge in [0, 0.05) is 19.6 Å². The van der Waals surface area contributed by atoms with Crippen LogP contribution in [0.3, 0.4) is 0 Å². The van der Waals surface area contributed by atoms with Gasteiger partial charge in [0.1, 0.15) is 0 Å². The Kier molecular flexibility index (Phi) is 6.10. The molecule has 7 heteroatoms. The van der Waals surface area contributed by atoms with Crippen molar-refractivity contribution >= 4 is 23.5 Å². The highest BCUT2D eigenvalue weighted by atomic mass is 16.5. The number of carboxylic acids is 1. The minimum atomic E-state index is -1.04. The fourth-order valence-corrected chi connectivity index (χ4v) is 2.33. The molecule has 0 radical (unpaired) electrons. The van der Waals surface area contributed by atoms with Crippen molar-refractivity contribution in [3.8, 4) is 0 Å². The largest absolute Gasteiger partial charge is 0.481 e. The first-order chi connectivity index (χ1) is 11.1. The van der Waals surface area contributed by atoms with Crippen LogP contribution in [0.5, 0.6) is 0 Å². The lowest BCUT2D eigenvalue weighted by atomic mass is 10.1. The van der Waals surface area contributed by atoms with Gasteiger partial charge in [0.05, 0.1) is 23.8 Å². The average molecular weight is 320 g/mol. The van der Waals surface area contributed by atoms with E-state index in [0.717, 1.165) is 19.4 Å². The second-order valence-electron chi connectivity index (χ2n) is 5.33. The highest BCUT2D eigenvalue weighted by Crippen LogP contribution is 2.16. The van der Waals surface area contributed by atoms with Crippen molar-refractivity contribution in [1.29, 1.82) is 0 Å². The van der Waals surface area contributed by atoms with E-state index in [1.807, 2.05) is 0 Å². The minimum absolute atomic E-state index is 0.0382. The minimum Gasteiger partial charge on any atom is -0.481 e. The molecule has 1 aromatic carbocycles. The van der Waals surface area contributed by atoms with Crippen LogP contribution >= 0.6 is 0 Å². The third kappa shape index (κ3) is 5.37. The van der Waals surface area contributed by atoms with Gasteiger partial charge in [0.2, 0.25) is 5.91 Å². The normalized spacial score (nSPS) is 16.8. The Bertz CT molecular complexity index is 582. The van der Waals surface area contributed by atoms with Crippen molar-refractivity contribution in [3.63, 3.8) is 0 Å². The van der Waals surface area contributed by atoms with Crippen LogP contribution in [0.1, 0.15) is 36.0 Å². The molecule has 3 N–H and O–H groups in total. The van der Waals surface area contributed by atoms with Crippen molar-refractivity contribution < 1.29 is 24.2 Å². The molecule has 124 valence electrons. The summed E-state index contributed by atoms with van der Waals surface area (Å²) in [5.74, 6) is -1.77. The number of carbonyl (C=O) groups excluding carboxylic acids is 2. The van der Waals surface area contributed by atoms with Gasteiger partial charge in [-0.1, -0.05) is 12.1 Å². The first-order valence-corrected chi connectivity index (χ1v) is 7.56. The maximum atomic E-state index is 12.3. The zero-order valence-corrected chi connectivity index (χ0v) is 12.7. The average Bonchev–Trinajstić information content (AvgIpc) is 3.04. The van der Waals surface area contributed by atoms with E-state index >= 15 is 0 Å². The quantitative estimate of drug-likeness (QED) is 0.704. The summed E-state index contributed by atoms with van der Waals surface area (Å²) < 4.78 is 5.45. The summed E-state index contributed by atoms with van der Waals surface area (Å²) in [6.45, 7) is 1.15. The highest BCUT2D eigenvalue weighted by Gasteiger charge is 2.18. The number of ether oxygens (including phenoxy) is 1. The van der Waals surface area contributed by atoms with Crippen LogP contribution in [0.15, 0.2) is 24.3 Å². The number of hydrogen-bond donors (Lipinski definition) is 3. The van der Waals surface area contributed by atoms with E-state index in [2.05, 4.69) is 10.6 Å². The van der Waals surface area contributed by atoms with Crippen molar-refractivity contribution in [1.82, 2.24) is 5.32 Å². The number of hydrogen-bond acceptors (Lipinski definition) is 4. The highest BCUT2D eigenvalue weighted by molar-refractivity contribution is 6.04. The SMILES string of the molecule is O=C(O)CCC(=O)Nc1ccccc1C(=O)NCC1CCCO1. The van der Waals surface area contributed by atoms with E-state index in [9.17, 15) is 14.4 Å². The molecule has 1 aliphatic rings. The third-order valence-electron chi connectivity index (χ3n) is 3.53. The van der Waals surface area contributed by atoms with E-state index in [1.165, 1.54) is 0 Å². The summed E-state index contributed by atoms with van der Waals surface area (Å²) in [5.41, 5.74) is 0.710. The maximum Gasteiger partial charge on any atom is 0.303 e. The summed E-state index contributed by atoms with van der Waals surface area (Å²) in [4.78, 5) is 34.5. The fraction of sp³-hybridized carbons (Fsp3) is 0.438. The first-order valence-electron chi connectivity index (χ1n) is 7.56. The smallest absolute Gasteiger partial charge is 0.303 e. The second-order valence-corrected chi connectivity index (χ2v) is 5.33. The number of rotatable bonds is 7. The van der Waals surface area contributed by atoms with E-state index in [-0.39, 0.29) is 24.9 Å². The van der Waals surface area contributed by atoms with Gasteiger partial charge in [-0.05, 0) is 25.0 Å². The molecular formula is C16H20N2O5. The number of benzene rings is 1. The van der Waals surface area contributed by atoms with Crippen LogP contribution in [0.4, 0.5) is 5.69 Å². The number of amides is 2. The molecule has 1 atom stereocenters.